The number of nitriles is 1. The number of carbonyl (C=O) groups is 1. The molecule has 102 valence electrons. The number of para-hydroxylation sites is 2. The van der Waals surface area contributed by atoms with Crippen LogP contribution in [0.25, 0.3) is 11.0 Å². The van der Waals surface area contributed by atoms with Gasteiger partial charge in [0.2, 0.25) is 5.52 Å². The summed E-state index contributed by atoms with van der Waals surface area (Å²) >= 11 is 0. The normalized spacial score (nSPS) is 10.0. The van der Waals surface area contributed by atoms with Gasteiger partial charge in [-0.25, -0.2) is 4.73 Å². The van der Waals surface area contributed by atoms with Crippen LogP contribution in [0.15, 0.2) is 24.3 Å². The number of fused-ring (bicyclic) bond motifs is 1. The lowest BCUT2D eigenvalue weighted by molar-refractivity contribution is -0.620. The van der Waals surface area contributed by atoms with E-state index in [9.17, 15) is 15.2 Å². The maximum absolute atomic E-state index is 12.1. The zero-order chi connectivity index (χ0) is 14.7. The molecular formula is C12H10N4O4. The number of nitrogens with one attached hydrogen (secondary N) is 1. The van der Waals surface area contributed by atoms with Gasteiger partial charge >= 0.3 is 17.6 Å². The van der Waals surface area contributed by atoms with Crippen molar-refractivity contribution in [3.8, 4) is 6.07 Å². The molecule has 1 amide bonds. The fourth-order valence-electron chi connectivity index (χ4n) is 1.71. The Morgan fingerprint density at radius 3 is 2.50 bits per heavy atom. The van der Waals surface area contributed by atoms with Crippen LogP contribution >= 0.6 is 0 Å². The van der Waals surface area contributed by atoms with Crippen molar-refractivity contribution in [3.63, 3.8) is 0 Å². The van der Waals surface area contributed by atoms with E-state index in [0.717, 1.165) is 0 Å². The lowest BCUT2D eigenvalue weighted by atomic mass is 10.3. The molecule has 2 rings (SSSR count). The molecule has 0 aliphatic rings. The number of nitrogens with zero attached hydrogens (tertiary/aromatic N) is 3. The van der Waals surface area contributed by atoms with Gasteiger partial charge in [0, 0.05) is 6.07 Å². The van der Waals surface area contributed by atoms with E-state index in [0.29, 0.717) is 9.46 Å². The van der Waals surface area contributed by atoms with Gasteiger partial charge in [0.05, 0.1) is 6.61 Å². The zero-order valence-corrected chi connectivity index (χ0v) is 10.5. The van der Waals surface area contributed by atoms with E-state index in [1.54, 1.807) is 25.1 Å². The monoisotopic (exact) mass is 274 g/mol. The first-order valence-electron chi connectivity index (χ1n) is 5.71. The molecule has 8 nitrogen and oxygen atoms in total. The molecule has 1 heterocycles. The Morgan fingerprint density at radius 1 is 1.35 bits per heavy atom. The van der Waals surface area contributed by atoms with Gasteiger partial charge in [0.25, 0.3) is 5.52 Å². The SMILES string of the molecule is CCOC(=O)Nc1c(C#N)[n+]([O-])c2ccccc2[n+]1[O-]. The first-order valence-corrected chi connectivity index (χ1v) is 5.71. The predicted octanol–water partition coefficient (Wildman–Crippen LogP) is 0.547. The van der Waals surface area contributed by atoms with Crippen LogP contribution < -0.4 is 14.8 Å². The fraction of sp³-hybridized carbons (Fsp3) is 0.167. The summed E-state index contributed by atoms with van der Waals surface area (Å²) in [4.78, 5) is 11.4. The number of carbonyl (C=O) groups excluding carboxylic acids is 1. The Morgan fingerprint density at radius 2 is 1.95 bits per heavy atom. The average molecular weight is 274 g/mol. The summed E-state index contributed by atoms with van der Waals surface area (Å²) in [5, 5.41) is 35.3. The molecule has 2 aromatic rings. The van der Waals surface area contributed by atoms with Crippen molar-refractivity contribution < 1.29 is 19.0 Å². The quantitative estimate of drug-likeness (QED) is 0.634. The van der Waals surface area contributed by atoms with Gasteiger partial charge in [-0.1, -0.05) is 12.1 Å². The second kappa shape index (κ2) is 5.27. The van der Waals surface area contributed by atoms with Crippen LogP contribution in [-0.2, 0) is 4.74 Å². The first-order chi connectivity index (χ1) is 9.60. The van der Waals surface area contributed by atoms with Crippen molar-refractivity contribution >= 4 is 22.9 Å². The average Bonchev–Trinajstić information content (AvgIpc) is 2.45. The molecule has 0 atom stereocenters. The maximum Gasteiger partial charge on any atom is 0.505 e. The van der Waals surface area contributed by atoms with Crippen LogP contribution in [0.4, 0.5) is 10.6 Å². The Hall–Kier alpha value is -3.08. The minimum atomic E-state index is -0.913. The molecule has 0 bridgehead atoms. The topological polar surface area (TPSA) is 116 Å². The lowest BCUT2D eigenvalue weighted by Crippen LogP contribution is -2.44. The van der Waals surface area contributed by atoms with Crippen LogP contribution in [0.1, 0.15) is 12.6 Å². The number of aromatic nitrogens is 2. The van der Waals surface area contributed by atoms with Gasteiger partial charge in [-0.2, -0.15) is 15.4 Å². The van der Waals surface area contributed by atoms with Crippen molar-refractivity contribution in [2.45, 2.75) is 6.92 Å². The van der Waals surface area contributed by atoms with Crippen LogP contribution in [0.5, 0.6) is 0 Å². The summed E-state index contributed by atoms with van der Waals surface area (Å²) < 4.78 is 5.24. The van der Waals surface area contributed by atoms with Crippen LogP contribution in [0.2, 0.25) is 0 Å². The van der Waals surface area contributed by atoms with Gasteiger partial charge < -0.3 is 15.2 Å². The standard InChI is InChI=1S/C12H10N4O4/c1-2-20-12(17)14-11-10(7-13)15(18)8-5-3-4-6-9(8)16(11)19/h3-6H,2H2,1H3,(H,14,17). The number of ether oxygens (including phenoxy) is 1. The van der Waals surface area contributed by atoms with Crippen LogP contribution in [0, 0.1) is 21.7 Å². The van der Waals surface area contributed by atoms with Crippen LogP contribution in [-0.4, -0.2) is 12.7 Å². The minimum Gasteiger partial charge on any atom is -0.710 e. The highest BCUT2D eigenvalue weighted by Gasteiger charge is 2.29. The highest BCUT2D eigenvalue weighted by molar-refractivity contribution is 5.84. The second-order valence-corrected chi connectivity index (χ2v) is 3.73. The Balaban J connectivity index is 2.67. The largest absolute Gasteiger partial charge is 0.710 e. The molecule has 1 aromatic carbocycles. The van der Waals surface area contributed by atoms with Crippen molar-refractivity contribution in [3.05, 3.63) is 40.4 Å². The van der Waals surface area contributed by atoms with Gasteiger partial charge in [-0.05, 0) is 13.0 Å². The molecule has 0 aliphatic heterocycles. The highest BCUT2D eigenvalue weighted by atomic mass is 16.5. The third-order valence-corrected chi connectivity index (χ3v) is 2.55. The lowest BCUT2D eigenvalue weighted by Gasteiger charge is -2.12. The molecule has 0 spiro atoms. The summed E-state index contributed by atoms with van der Waals surface area (Å²) in [6, 6.07) is 7.56. The van der Waals surface area contributed by atoms with Crippen molar-refractivity contribution in [1.82, 2.24) is 0 Å². The molecule has 0 aliphatic carbocycles. The van der Waals surface area contributed by atoms with Gasteiger partial charge in [0.1, 0.15) is 0 Å². The summed E-state index contributed by atoms with van der Waals surface area (Å²) in [5.74, 6) is -0.459. The molecule has 0 unspecified atom stereocenters. The number of hydrogen-bond donors (Lipinski definition) is 1. The molecular weight excluding hydrogens is 264 g/mol. The summed E-state index contributed by atoms with van der Waals surface area (Å²) in [5.41, 5.74) is -0.437. The molecule has 1 N–H and O–H groups in total. The molecule has 0 saturated heterocycles. The maximum atomic E-state index is 12.1. The molecule has 0 fully saturated rings. The van der Waals surface area contributed by atoms with E-state index in [-0.39, 0.29) is 17.6 Å². The summed E-state index contributed by atoms with van der Waals surface area (Å²) in [6.45, 7) is 1.68. The Kier molecular flexibility index (Phi) is 3.52. The highest BCUT2D eigenvalue weighted by Crippen LogP contribution is 2.12. The van der Waals surface area contributed by atoms with Crippen molar-refractivity contribution in [2.24, 2.45) is 0 Å². The summed E-state index contributed by atoms with van der Waals surface area (Å²) in [7, 11) is 0. The van der Waals surface area contributed by atoms with Gasteiger partial charge in [0.15, 0.2) is 6.07 Å². The number of hydrogen-bond acceptors (Lipinski definition) is 5. The van der Waals surface area contributed by atoms with Crippen molar-refractivity contribution in [2.75, 3.05) is 11.9 Å². The van der Waals surface area contributed by atoms with E-state index in [1.165, 1.54) is 12.1 Å². The molecule has 1 aromatic heterocycles. The molecule has 0 saturated carbocycles. The number of anilines is 1. The number of rotatable bonds is 2. The van der Waals surface area contributed by atoms with Gasteiger partial charge in [-0.3, -0.25) is 0 Å². The second-order valence-electron chi connectivity index (χ2n) is 3.73. The number of benzene rings is 1. The van der Waals surface area contributed by atoms with E-state index >= 15 is 0 Å². The van der Waals surface area contributed by atoms with Crippen molar-refractivity contribution in [1.29, 1.82) is 5.26 Å². The zero-order valence-electron chi connectivity index (χ0n) is 10.5. The number of amides is 1. The fourth-order valence-corrected chi connectivity index (χ4v) is 1.71. The Labute approximate surface area is 113 Å². The smallest absolute Gasteiger partial charge is 0.505 e. The van der Waals surface area contributed by atoms with Crippen LogP contribution in [0.3, 0.4) is 0 Å². The predicted molar refractivity (Wildman–Crippen MR) is 67.2 cm³/mol. The Bertz CT molecular complexity index is 723. The van der Waals surface area contributed by atoms with E-state index < -0.39 is 17.6 Å². The van der Waals surface area contributed by atoms with E-state index in [2.05, 4.69) is 10.1 Å². The van der Waals surface area contributed by atoms with Gasteiger partial charge in [-0.15, -0.1) is 4.73 Å². The minimum absolute atomic E-state index is 0.0355. The third kappa shape index (κ3) is 2.12. The third-order valence-electron chi connectivity index (χ3n) is 2.55. The summed E-state index contributed by atoms with van der Waals surface area (Å²) in [6.07, 6.45) is -0.913. The molecule has 20 heavy (non-hydrogen) atoms. The molecule has 0 radical (unpaired) electrons. The first kappa shape index (κ1) is 13.4. The molecule has 8 heteroatoms. The van der Waals surface area contributed by atoms with E-state index in [4.69, 9.17) is 5.26 Å². The van der Waals surface area contributed by atoms with E-state index in [1.807, 2.05) is 0 Å².